The lowest BCUT2D eigenvalue weighted by atomic mass is 9.96. The average Bonchev–Trinajstić information content (AvgIpc) is 2.29. The second-order valence-corrected chi connectivity index (χ2v) is 5.11. The molecule has 1 fully saturated rings. The summed E-state index contributed by atoms with van der Waals surface area (Å²) in [7, 11) is 0. The first-order chi connectivity index (χ1) is 8.09. The molecule has 3 heteroatoms. The number of benzene rings is 1. The fourth-order valence-electron chi connectivity index (χ4n) is 2.70. The van der Waals surface area contributed by atoms with Gasteiger partial charge >= 0.3 is 0 Å². The highest BCUT2D eigenvalue weighted by Crippen LogP contribution is 2.26. The van der Waals surface area contributed by atoms with E-state index in [1.165, 1.54) is 25.3 Å². The van der Waals surface area contributed by atoms with Gasteiger partial charge in [-0.25, -0.2) is 4.39 Å². The molecule has 0 amide bonds. The predicted molar refractivity (Wildman–Crippen MR) is 69.1 cm³/mol. The minimum Gasteiger partial charge on any atom is -0.396 e. The van der Waals surface area contributed by atoms with Crippen LogP contribution in [0.15, 0.2) is 18.2 Å². The minimum atomic E-state index is -0.306. The van der Waals surface area contributed by atoms with Gasteiger partial charge in [0.1, 0.15) is 5.82 Å². The van der Waals surface area contributed by atoms with Gasteiger partial charge in [0.05, 0.1) is 5.69 Å². The number of nitrogen functional groups attached to an aromatic ring is 1. The van der Waals surface area contributed by atoms with Gasteiger partial charge in [-0.3, -0.25) is 4.90 Å². The van der Waals surface area contributed by atoms with Crippen LogP contribution in [0.2, 0.25) is 0 Å². The monoisotopic (exact) mass is 236 g/mol. The maximum atomic E-state index is 13.4. The van der Waals surface area contributed by atoms with Crippen LogP contribution in [-0.2, 0) is 6.54 Å². The van der Waals surface area contributed by atoms with E-state index in [9.17, 15) is 4.39 Å². The number of hydrogen-bond acceptors (Lipinski definition) is 2. The maximum absolute atomic E-state index is 13.4. The molecule has 0 bridgehead atoms. The van der Waals surface area contributed by atoms with E-state index in [4.69, 9.17) is 5.73 Å². The SMILES string of the molecule is CC1CCCC(C)N1Cc1cccc(F)c1N. The van der Waals surface area contributed by atoms with Gasteiger partial charge in [-0.1, -0.05) is 18.6 Å². The lowest BCUT2D eigenvalue weighted by Gasteiger charge is -2.39. The van der Waals surface area contributed by atoms with Gasteiger partial charge in [-0.15, -0.1) is 0 Å². The Hall–Kier alpha value is -1.09. The molecule has 94 valence electrons. The van der Waals surface area contributed by atoms with Crippen LogP contribution >= 0.6 is 0 Å². The third kappa shape index (κ3) is 2.60. The fourth-order valence-corrected chi connectivity index (χ4v) is 2.70. The molecule has 2 N–H and O–H groups in total. The van der Waals surface area contributed by atoms with E-state index in [0.29, 0.717) is 17.8 Å². The number of anilines is 1. The smallest absolute Gasteiger partial charge is 0.146 e. The van der Waals surface area contributed by atoms with Gasteiger partial charge in [-0.2, -0.15) is 0 Å². The fraction of sp³-hybridized carbons (Fsp3) is 0.571. The highest BCUT2D eigenvalue weighted by molar-refractivity contribution is 5.47. The molecule has 2 rings (SSSR count). The summed E-state index contributed by atoms with van der Waals surface area (Å²) in [6.07, 6.45) is 3.73. The summed E-state index contributed by atoms with van der Waals surface area (Å²) in [5, 5.41) is 0. The Bertz CT molecular complexity index is 382. The normalized spacial score (nSPS) is 26.1. The molecule has 1 aromatic rings. The van der Waals surface area contributed by atoms with Gasteiger partial charge in [0, 0.05) is 18.6 Å². The lowest BCUT2D eigenvalue weighted by Crippen LogP contribution is -2.43. The summed E-state index contributed by atoms with van der Waals surface area (Å²) in [5.41, 5.74) is 7.00. The van der Waals surface area contributed by atoms with Crippen molar-refractivity contribution < 1.29 is 4.39 Å². The van der Waals surface area contributed by atoms with Crippen molar-refractivity contribution in [3.8, 4) is 0 Å². The predicted octanol–water partition coefficient (Wildman–Crippen LogP) is 3.17. The Kier molecular flexibility index (Phi) is 3.67. The van der Waals surface area contributed by atoms with Crippen LogP contribution < -0.4 is 5.73 Å². The molecule has 17 heavy (non-hydrogen) atoms. The second-order valence-electron chi connectivity index (χ2n) is 5.11. The molecule has 0 saturated carbocycles. The molecule has 1 heterocycles. The van der Waals surface area contributed by atoms with Crippen molar-refractivity contribution in [2.24, 2.45) is 0 Å². The molecular weight excluding hydrogens is 215 g/mol. The number of nitrogens with two attached hydrogens (primary N) is 1. The number of nitrogens with zero attached hydrogens (tertiary/aromatic N) is 1. The quantitative estimate of drug-likeness (QED) is 0.799. The molecule has 0 spiro atoms. The third-order valence-corrected chi connectivity index (χ3v) is 3.87. The molecule has 1 aromatic carbocycles. The number of likely N-dealkylation sites (tertiary alicyclic amines) is 1. The highest BCUT2D eigenvalue weighted by atomic mass is 19.1. The Balaban J connectivity index is 2.16. The van der Waals surface area contributed by atoms with Crippen LogP contribution in [0.1, 0.15) is 38.7 Å². The van der Waals surface area contributed by atoms with Crippen LogP contribution in [0, 0.1) is 5.82 Å². The van der Waals surface area contributed by atoms with E-state index in [-0.39, 0.29) is 5.82 Å². The molecule has 0 aromatic heterocycles. The largest absolute Gasteiger partial charge is 0.396 e. The van der Waals surface area contributed by atoms with E-state index >= 15 is 0 Å². The van der Waals surface area contributed by atoms with Gasteiger partial charge in [0.25, 0.3) is 0 Å². The molecule has 2 nitrogen and oxygen atoms in total. The molecule has 1 saturated heterocycles. The van der Waals surface area contributed by atoms with Crippen molar-refractivity contribution in [3.05, 3.63) is 29.6 Å². The Morgan fingerprint density at radius 3 is 2.59 bits per heavy atom. The summed E-state index contributed by atoms with van der Waals surface area (Å²) in [6, 6.07) is 6.19. The molecule has 0 radical (unpaired) electrons. The first kappa shape index (κ1) is 12.4. The molecule has 0 aliphatic carbocycles. The van der Waals surface area contributed by atoms with Gasteiger partial charge in [0.2, 0.25) is 0 Å². The summed E-state index contributed by atoms with van der Waals surface area (Å²) < 4.78 is 13.4. The van der Waals surface area contributed by atoms with Crippen LogP contribution in [0.4, 0.5) is 10.1 Å². The zero-order chi connectivity index (χ0) is 12.4. The standard InChI is InChI=1S/C14H21FN2/c1-10-5-3-6-11(2)17(10)9-12-7-4-8-13(15)14(12)16/h4,7-8,10-11H,3,5-6,9,16H2,1-2H3. The van der Waals surface area contributed by atoms with E-state index in [2.05, 4.69) is 18.7 Å². The summed E-state index contributed by atoms with van der Waals surface area (Å²) in [4.78, 5) is 2.43. The van der Waals surface area contributed by atoms with Crippen LogP contribution in [-0.4, -0.2) is 17.0 Å². The van der Waals surface area contributed by atoms with Gasteiger partial charge in [0.15, 0.2) is 0 Å². The maximum Gasteiger partial charge on any atom is 0.146 e. The van der Waals surface area contributed by atoms with Crippen molar-refractivity contribution in [3.63, 3.8) is 0 Å². The number of piperidine rings is 1. The van der Waals surface area contributed by atoms with Crippen molar-refractivity contribution in [2.75, 3.05) is 5.73 Å². The minimum absolute atomic E-state index is 0.303. The highest BCUT2D eigenvalue weighted by Gasteiger charge is 2.25. The Morgan fingerprint density at radius 1 is 1.29 bits per heavy atom. The summed E-state index contributed by atoms with van der Waals surface area (Å²) >= 11 is 0. The van der Waals surface area contributed by atoms with Gasteiger partial charge in [-0.05, 0) is 38.3 Å². The number of para-hydroxylation sites is 1. The molecule has 1 aliphatic heterocycles. The molecular formula is C14H21FN2. The number of hydrogen-bond donors (Lipinski definition) is 1. The molecule has 1 aliphatic rings. The number of halogens is 1. The first-order valence-electron chi connectivity index (χ1n) is 6.38. The summed E-state index contributed by atoms with van der Waals surface area (Å²) in [5.74, 6) is -0.306. The van der Waals surface area contributed by atoms with Crippen LogP contribution in [0.3, 0.4) is 0 Å². The van der Waals surface area contributed by atoms with E-state index < -0.39 is 0 Å². The Labute approximate surface area is 103 Å². The number of rotatable bonds is 2. The van der Waals surface area contributed by atoms with Crippen LogP contribution in [0.5, 0.6) is 0 Å². The zero-order valence-electron chi connectivity index (χ0n) is 10.6. The van der Waals surface area contributed by atoms with Crippen LogP contribution in [0.25, 0.3) is 0 Å². The molecule has 2 atom stereocenters. The molecule has 2 unspecified atom stereocenters. The van der Waals surface area contributed by atoms with Crippen molar-refractivity contribution in [1.82, 2.24) is 4.90 Å². The summed E-state index contributed by atoms with van der Waals surface area (Å²) in [6.45, 7) is 5.24. The third-order valence-electron chi connectivity index (χ3n) is 3.87. The first-order valence-corrected chi connectivity index (χ1v) is 6.38. The van der Waals surface area contributed by atoms with Crippen molar-refractivity contribution >= 4 is 5.69 Å². The Morgan fingerprint density at radius 2 is 1.94 bits per heavy atom. The van der Waals surface area contributed by atoms with E-state index in [0.717, 1.165) is 12.1 Å². The van der Waals surface area contributed by atoms with E-state index in [1.807, 2.05) is 6.07 Å². The van der Waals surface area contributed by atoms with Crippen molar-refractivity contribution in [1.29, 1.82) is 0 Å². The zero-order valence-corrected chi connectivity index (χ0v) is 10.6. The van der Waals surface area contributed by atoms with Crippen molar-refractivity contribution in [2.45, 2.75) is 51.7 Å². The second kappa shape index (κ2) is 5.05. The topological polar surface area (TPSA) is 29.3 Å². The van der Waals surface area contributed by atoms with E-state index in [1.54, 1.807) is 6.07 Å². The van der Waals surface area contributed by atoms with Gasteiger partial charge < -0.3 is 5.73 Å². The average molecular weight is 236 g/mol. The lowest BCUT2D eigenvalue weighted by molar-refractivity contribution is 0.0954.